The molecule has 0 fully saturated rings. The van der Waals surface area contributed by atoms with Crippen LogP contribution in [0.25, 0.3) is 0 Å². The summed E-state index contributed by atoms with van der Waals surface area (Å²) in [5.74, 6) is 0.204. The lowest BCUT2D eigenvalue weighted by Crippen LogP contribution is -2.32. The number of amides is 1. The standard InChI is InChI=1S/C11H17NOS2/c1-8-5-6-15-10(8)7-12(3)11(13)9(2)14-4/h5-6,9H,7H2,1-4H3. The maximum atomic E-state index is 11.8. The van der Waals surface area contributed by atoms with Gasteiger partial charge in [-0.25, -0.2) is 0 Å². The largest absolute Gasteiger partial charge is 0.340 e. The van der Waals surface area contributed by atoms with Gasteiger partial charge in [-0.3, -0.25) is 4.79 Å². The van der Waals surface area contributed by atoms with Crippen molar-refractivity contribution < 1.29 is 4.79 Å². The van der Waals surface area contributed by atoms with Gasteiger partial charge in [0.05, 0.1) is 11.8 Å². The van der Waals surface area contributed by atoms with Crippen LogP contribution in [0.1, 0.15) is 17.4 Å². The molecule has 1 atom stereocenters. The molecule has 0 aliphatic rings. The summed E-state index contributed by atoms with van der Waals surface area (Å²) in [6.45, 7) is 4.76. The Morgan fingerprint density at radius 3 is 2.80 bits per heavy atom. The van der Waals surface area contributed by atoms with Crippen LogP contribution in [0.15, 0.2) is 11.4 Å². The van der Waals surface area contributed by atoms with Crippen molar-refractivity contribution in [1.82, 2.24) is 4.90 Å². The van der Waals surface area contributed by atoms with Gasteiger partial charge >= 0.3 is 0 Å². The van der Waals surface area contributed by atoms with Crippen molar-refractivity contribution in [1.29, 1.82) is 0 Å². The van der Waals surface area contributed by atoms with Gasteiger partial charge in [-0.2, -0.15) is 11.8 Å². The molecule has 2 nitrogen and oxygen atoms in total. The molecule has 0 aliphatic carbocycles. The van der Waals surface area contributed by atoms with E-state index in [1.165, 1.54) is 10.4 Å². The third kappa shape index (κ3) is 3.24. The Bertz CT molecular complexity index is 335. The number of aryl methyl sites for hydroxylation is 1. The molecule has 0 radical (unpaired) electrons. The SMILES string of the molecule is CSC(C)C(=O)N(C)Cc1sccc1C. The number of hydrogen-bond acceptors (Lipinski definition) is 3. The summed E-state index contributed by atoms with van der Waals surface area (Å²) in [4.78, 5) is 14.9. The molecule has 84 valence electrons. The molecule has 15 heavy (non-hydrogen) atoms. The summed E-state index contributed by atoms with van der Waals surface area (Å²) >= 11 is 3.30. The van der Waals surface area contributed by atoms with Crippen LogP contribution in [0.3, 0.4) is 0 Å². The molecular weight excluding hydrogens is 226 g/mol. The first-order valence-electron chi connectivity index (χ1n) is 4.87. The number of nitrogens with zero attached hydrogens (tertiary/aromatic N) is 1. The molecule has 0 saturated carbocycles. The molecule has 0 N–H and O–H groups in total. The van der Waals surface area contributed by atoms with E-state index in [1.54, 1.807) is 28.0 Å². The summed E-state index contributed by atoms with van der Waals surface area (Å²) in [6.07, 6.45) is 1.97. The summed E-state index contributed by atoms with van der Waals surface area (Å²) < 4.78 is 0. The van der Waals surface area contributed by atoms with Crippen LogP contribution in [0, 0.1) is 6.92 Å². The summed E-state index contributed by atoms with van der Waals surface area (Å²) in [5.41, 5.74) is 1.27. The van der Waals surface area contributed by atoms with Gasteiger partial charge in [-0.1, -0.05) is 0 Å². The Balaban J connectivity index is 2.60. The van der Waals surface area contributed by atoms with Gasteiger partial charge < -0.3 is 4.90 Å². The predicted molar refractivity (Wildman–Crippen MR) is 68.5 cm³/mol. The second-order valence-corrected chi connectivity index (χ2v) is 5.78. The van der Waals surface area contributed by atoms with E-state index in [4.69, 9.17) is 0 Å². The van der Waals surface area contributed by atoms with Crippen LogP contribution in [0.5, 0.6) is 0 Å². The maximum absolute atomic E-state index is 11.8. The molecule has 0 saturated heterocycles. The Morgan fingerprint density at radius 2 is 2.33 bits per heavy atom. The zero-order chi connectivity index (χ0) is 11.4. The molecule has 1 unspecified atom stereocenters. The average Bonchev–Trinajstić information content (AvgIpc) is 2.62. The third-order valence-corrected chi connectivity index (χ3v) is 4.34. The Hall–Kier alpha value is -0.480. The molecular formula is C11H17NOS2. The second kappa shape index (κ2) is 5.56. The first-order valence-corrected chi connectivity index (χ1v) is 7.03. The smallest absolute Gasteiger partial charge is 0.235 e. The molecule has 1 amide bonds. The number of thioether (sulfide) groups is 1. The monoisotopic (exact) mass is 243 g/mol. The Kier molecular flexibility index (Phi) is 4.67. The van der Waals surface area contributed by atoms with Crippen molar-refractivity contribution in [3.05, 3.63) is 21.9 Å². The number of carbonyl (C=O) groups excluding carboxylic acids is 1. The van der Waals surface area contributed by atoms with E-state index < -0.39 is 0 Å². The molecule has 4 heteroatoms. The molecule has 1 rings (SSSR count). The molecule has 1 aromatic rings. The van der Waals surface area contributed by atoms with E-state index in [-0.39, 0.29) is 11.2 Å². The third-order valence-electron chi connectivity index (χ3n) is 2.43. The zero-order valence-electron chi connectivity index (χ0n) is 9.61. The maximum Gasteiger partial charge on any atom is 0.235 e. The van der Waals surface area contributed by atoms with Crippen molar-refractivity contribution >= 4 is 29.0 Å². The highest BCUT2D eigenvalue weighted by Crippen LogP contribution is 2.18. The molecule has 1 aromatic heterocycles. The highest BCUT2D eigenvalue weighted by Gasteiger charge is 2.17. The molecule has 0 aliphatic heterocycles. The van der Waals surface area contributed by atoms with Crippen LogP contribution < -0.4 is 0 Å². The zero-order valence-corrected chi connectivity index (χ0v) is 11.2. The van der Waals surface area contributed by atoms with E-state index in [0.717, 1.165) is 6.54 Å². The van der Waals surface area contributed by atoms with Crippen molar-refractivity contribution in [3.8, 4) is 0 Å². The number of thiophene rings is 1. The molecule has 0 aromatic carbocycles. The highest BCUT2D eigenvalue weighted by molar-refractivity contribution is 7.99. The fourth-order valence-corrected chi connectivity index (χ4v) is 2.61. The van der Waals surface area contributed by atoms with E-state index in [9.17, 15) is 4.79 Å². The summed E-state index contributed by atoms with van der Waals surface area (Å²) in [6, 6.07) is 2.09. The Labute approximate surface area is 99.7 Å². The van der Waals surface area contributed by atoms with Crippen molar-refractivity contribution in [2.24, 2.45) is 0 Å². The van der Waals surface area contributed by atoms with E-state index in [0.29, 0.717) is 0 Å². The summed E-state index contributed by atoms with van der Waals surface area (Å²) in [7, 11) is 1.87. The number of hydrogen-bond donors (Lipinski definition) is 0. The Morgan fingerprint density at radius 1 is 1.67 bits per heavy atom. The normalized spacial score (nSPS) is 12.5. The van der Waals surface area contributed by atoms with Crippen LogP contribution in [0.2, 0.25) is 0 Å². The lowest BCUT2D eigenvalue weighted by atomic mass is 10.3. The van der Waals surface area contributed by atoms with Gasteiger partial charge in [0.1, 0.15) is 0 Å². The van der Waals surface area contributed by atoms with Gasteiger partial charge in [0.25, 0.3) is 0 Å². The fourth-order valence-electron chi connectivity index (χ4n) is 1.27. The second-order valence-electron chi connectivity index (χ2n) is 3.60. The van der Waals surface area contributed by atoms with Crippen molar-refractivity contribution in [2.45, 2.75) is 25.6 Å². The van der Waals surface area contributed by atoms with Gasteiger partial charge in [0.2, 0.25) is 5.91 Å². The fraction of sp³-hybridized carbons (Fsp3) is 0.545. The van der Waals surface area contributed by atoms with Gasteiger partial charge in [0.15, 0.2) is 0 Å². The molecule has 1 heterocycles. The minimum atomic E-state index is 0.0512. The molecule has 0 bridgehead atoms. The van der Waals surface area contributed by atoms with Crippen LogP contribution in [0.4, 0.5) is 0 Å². The minimum absolute atomic E-state index is 0.0512. The number of rotatable bonds is 4. The first-order chi connectivity index (χ1) is 7.06. The lowest BCUT2D eigenvalue weighted by molar-refractivity contribution is -0.129. The van der Waals surface area contributed by atoms with Crippen LogP contribution in [-0.4, -0.2) is 29.4 Å². The highest BCUT2D eigenvalue weighted by atomic mass is 32.2. The van der Waals surface area contributed by atoms with E-state index >= 15 is 0 Å². The topological polar surface area (TPSA) is 20.3 Å². The van der Waals surface area contributed by atoms with Crippen molar-refractivity contribution in [2.75, 3.05) is 13.3 Å². The quantitative estimate of drug-likeness (QED) is 0.810. The molecule has 0 spiro atoms. The van der Waals surface area contributed by atoms with Crippen LogP contribution in [-0.2, 0) is 11.3 Å². The predicted octanol–water partition coefficient (Wildman–Crippen LogP) is 2.77. The number of carbonyl (C=O) groups is 1. The van der Waals surface area contributed by atoms with Gasteiger partial charge in [-0.15, -0.1) is 11.3 Å². The minimum Gasteiger partial charge on any atom is -0.340 e. The summed E-state index contributed by atoms with van der Waals surface area (Å²) in [5, 5.41) is 2.12. The average molecular weight is 243 g/mol. The van der Waals surface area contributed by atoms with Gasteiger partial charge in [-0.05, 0) is 37.1 Å². The first kappa shape index (κ1) is 12.6. The van der Waals surface area contributed by atoms with E-state index in [1.807, 2.05) is 20.2 Å². The van der Waals surface area contributed by atoms with Gasteiger partial charge in [0, 0.05) is 11.9 Å². The van der Waals surface area contributed by atoms with E-state index in [2.05, 4.69) is 18.4 Å². The van der Waals surface area contributed by atoms with Crippen molar-refractivity contribution in [3.63, 3.8) is 0 Å². The lowest BCUT2D eigenvalue weighted by Gasteiger charge is -2.20. The van der Waals surface area contributed by atoms with Crippen LogP contribution >= 0.6 is 23.1 Å².